The molecule has 0 saturated carbocycles. The molecule has 2 rings (SSSR count). The quantitative estimate of drug-likeness (QED) is 0.761. The fraction of sp³-hybridized carbons (Fsp3) is 0.0909. The van der Waals surface area contributed by atoms with Gasteiger partial charge in [-0.15, -0.1) is 0 Å². The maximum Gasteiger partial charge on any atom is 0.316 e. The van der Waals surface area contributed by atoms with Gasteiger partial charge in [0.1, 0.15) is 0 Å². The molecule has 0 aliphatic heterocycles. The maximum atomic E-state index is 10.8. The van der Waals surface area contributed by atoms with Crippen molar-refractivity contribution in [3.8, 4) is 6.07 Å². The van der Waals surface area contributed by atoms with Crippen LogP contribution >= 0.6 is 11.6 Å². The first-order valence-electron chi connectivity index (χ1n) is 4.84. The molecule has 0 unspecified atom stereocenters. The first kappa shape index (κ1) is 11.3. The summed E-state index contributed by atoms with van der Waals surface area (Å²) in [4.78, 5) is 13.8. The number of hydrogen-bond acceptors (Lipinski definition) is 2. The third-order valence-electron chi connectivity index (χ3n) is 2.38. The van der Waals surface area contributed by atoms with Crippen LogP contribution in [0, 0.1) is 11.3 Å². The van der Waals surface area contributed by atoms with Crippen molar-refractivity contribution in [1.29, 1.82) is 5.26 Å². The van der Waals surface area contributed by atoms with Gasteiger partial charge in [-0.05, 0) is 17.7 Å². The maximum absolute atomic E-state index is 10.8. The number of nitriles is 1. The van der Waals surface area contributed by atoms with Crippen LogP contribution in [-0.4, -0.2) is 11.0 Å². The predicted octanol–water partition coefficient (Wildman–Crippen LogP) is 2.38. The molecule has 4 N–H and O–H groups in total. The van der Waals surface area contributed by atoms with Crippen molar-refractivity contribution in [1.82, 2.24) is 4.98 Å². The zero-order chi connectivity index (χ0) is 12.4. The summed E-state index contributed by atoms with van der Waals surface area (Å²) in [7, 11) is 0. The van der Waals surface area contributed by atoms with Crippen LogP contribution < -0.4 is 11.1 Å². The molecule has 5 nitrogen and oxygen atoms in total. The van der Waals surface area contributed by atoms with E-state index in [9.17, 15) is 4.79 Å². The molecular formula is C11H9ClN4O. The Hall–Kier alpha value is -2.19. The number of halogens is 1. The van der Waals surface area contributed by atoms with Gasteiger partial charge in [-0.1, -0.05) is 11.6 Å². The number of anilines is 1. The number of fused-ring (bicyclic) bond motifs is 1. The zero-order valence-electron chi connectivity index (χ0n) is 8.75. The minimum Gasteiger partial charge on any atom is -0.361 e. The molecule has 0 atom stereocenters. The minimum absolute atomic E-state index is 0.289. The second-order valence-electron chi connectivity index (χ2n) is 3.52. The molecule has 17 heavy (non-hydrogen) atoms. The molecule has 1 aromatic carbocycles. The van der Waals surface area contributed by atoms with Crippen LogP contribution in [0.1, 0.15) is 5.56 Å². The number of hydrogen-bond donors (Lipinski definition) is 3. The Morgan fingerprint density at radius 3 is 3.00 bits per heavy atom. The van der Waals surface area contributed by atoms with Crippen LogP contribution in [0.3, 0.4) is 0 Å². The number of nitrogens with two attached hydrogens (primary N) is 1. The highest BCUT2D eigenvalue weighted by Crippen LogP contribution is 2.29. The molecule has 0 bridgehead atoms. The Morgan fingerprint density at radius 2 is 2.35 bits per heavy atom. The largest absolute Gasteiger partial charge is 0.361 e. The third-order valence-corrected chi connectivity index (χ3v) is 2.70. The predicted molar refractivity (Wildman–Crippen MR) is 65.8 cm³/mol. The van der Waals surface area contributed by atoms with E-state index in [0.717, 1.165) is 16.5 Å². The second-order valence-corrected chi connectivity index (χ2v) is 3.92. The number of H-pyrrole nitrogens is 1. The molecule has 0 aliphatic rings. The molecule has 1 heterocycles. The summed E-state index contributed by atoms with van der Waals surface area (Å²) in [6.45, 7) is 0. The molecule has 2 amide bonds. The lowest BCUT2D eigenvalue weighted by Gasteiger charge is -2.05. The number of rotatable bonds is 2. The van der Waals surface area contributed by atoms with Crippen LogP contribution in [-0.2, 0) is 6.42 Å². The number of aromatic nitrogens is 1. The Bertz CT molecular complexity index is 626. The molecule has 0 aliphatic carbocycles. The number of urea groups is 1. The number of aromatic amines is 1. The van der Waals surface area contributed by atoms with Crippen molar-refractivity contribution in [2.24, 2.45) is 5.73 Å². The monoisotopic (exact) mass is 248 g/mol. The second kappa shape index (κ2) is 4.36. The van der Waals surface area contributed by atoms with Crippen molar-refractivity contribution in [3.63, 3.8) is 0 Å². The molecule has 2 aromatic rings. The van der Waals surface area contributed by atoms with Crippen molar-refractivity contribution >= 4 is 34.2 Å². The summed E-state index contributed by atoms with van der Waals surface area (Å²) in [5.41, 5.74) is 7.14. The molecule has 0 spiro atoms. The average molecular weight is 249 g/mol. The Morgan fingerprint density at radius 1 is 1.59 bits per heavy atom. The minimum atomic E-state index is -0.677. The average Bonchev–Trinajstić information content (AvgIpc) is 2.62. The van der Waals surface area contributed by atoms with Crippen molar-refractivity contribution in [2.75, 3.05) is 5.32 Å². The topological polar surface area (TPSA) is 94.7 Å². The van der Waals surface area contributed by atoms with Gasteiger partial charge in [0.15, 0.2) is 0 Å². The van der Waals surface area contributed by atoms with Crippen LogP contribution in [0.2, 0.25) is 5.02 Å². The van der Waals surface area contributed by atoms with Crippen molar-refractivity contribution in [2.45, 2.75) is 6.42 Å². The lowest BCUT2D eigenvalue weighted by Crippen LogP contribution is -2.19. The Balaban J connectivity index is 2.55. The summed E-state index contributed by atoms with van der Waals surface area (Å²) in [5, 5.41) is 12.4. The van der Waals surface area contributed by atoms with Gasteiger partial charge in [-0.25, -0.2) is 4.79 Å². The number of carbonyl (C=O) groups is 1. The highest BCUT2D eigenvalue weighted by molar-refractivity contribution is 6.34. The standard InChI is InChI=1S/C11H9ClN4O/c12-8-4-9-7(3-10(8)16-11(14)17)6(1-2-13)5-15-9/h3-5,15H,1H2,(H3,14,16,17). The van der Waals surface area contributed by atoms with Crippen LogP contribution in [0.4, 0.5) is 10.5 Å². The van der Waals surface area contributed by atoms with Crippen LogP contribution in [0.25, 0.3) is 10.9 Å². The van der Waals surface area contributed by atoms with Gasteiger partial charge in [0.05, 0.1) is 23.2 Å². The molecule has 1 aromatic heterocycles. The molecule has 6 heteroatoms. The van der Waals surface area contributed by atoms with E-state index in [4.69, 9.17) is 22.6 Å². The van der Waals surface area contributed by atoms with E-state index >= 15 is 0 Å². The highest BCUT2D eigenvalue weighted by Gasteiger charge is 2.09. The van der Waals surface area contributed by atoms with Crippen molar-refractivity contribution in [3.05, 3.63) is 28.9 Å². The summed E-state index contributed by atoms with van der Waals surface area (Å²) >= 11 is 5.98. The van der Waals surface area contributed by atoms with E-state index in [-0.39, 0.29) is 6.42 Å². The Labute approximate surface area is 102 Å². The number of carbonyl (C=O) groups excluding carboxylic acids is 1. The number of amides is 2. The van der Waals surface area contributed by atoms with E-state index in [0.29, 0.717) is 10.7 Å². The lowest BCUT2D eigenvalue weighted by molar-refractivity contribution is 0.259. The smallest absolute Gasteiger partial charge is 0.316 e. The SMILES string of the molecule is N#CCc1c[nH]c2cc(Cl)c(NC(N)=O)cc12. The van der Waals surface area contributed by atoms with Gasteiger partial charge < -0.3 is 16.0 Å². The molecule has 86 valence electrons. The zero-order valence-corrected chi connectivity index (χ0v) is 9.51. The number of nitrogens with one attached hydrogen (secondary N) is 2. The summed E-state index contributed by atoms with van der Waals surface area (Å²) in [6.07, 6.45) is 2.04. The summed E-state index contributed by atoms with van der Waals surface area (Å²) in [5.74, 6) is 0. The first-order valence-corrected chi connectivity index (χ1v) is 5.22. The van der Waals surface area contributed by atoms with E-state index in [1.165, 1.54) is 0 Å². The van der Waals surface area contributed by atoms with Crippen molar-refractivity contribution < 1.29 is 4.79 Å². The molecule has 0 radical (unpaired) electrons. The Kier molecular flexibility index (Phi) is 2.90. The van der Waals surface area contributed by atoms with Gasteiger partial charge in [-0.3, -0.25) is 0 Å². The van der Waals surface area contributed by atoms with Gasteiger partial charge in [0, 0.05) is 17.1 Å². The number of nitrogens with zero attached hydrogens (tertiary/aromatic N) is 1. The number of primary amides is 1. The van der Waals surface area contributed by atoms with E-state index < -0.39 is 6.03 Å². The van der Waals surface area contributed by atoms with Gasteiger partial charge in [-0.2, -0.15) is 5.26 Å². The van der Waals surface area contributed by atoms with Gasteiger partial charge in [0.2, 0.25) is 0 Å². The molecule has 0 fully saturated rings. The van der Waals surface area contributed by atoms with E-state index in [1.54, 1.807) is 18.3 Å². The first-order chi connectivity index (χ1) is 8.11. The highest BCUT2D eigenvalue weighted by atomic mass is 35.5. The lowest BCUT2D eigenvalue weighted by atomic mass is 10.1. The van der Waals surface area contributed by atoms with E-state index in [2.05, 4.69) is 16.4 Å². The van der Waals surface area contributed by atoms with Gasteiger partial charge >= 0.3 is 6.03 Å². The summed E-state index contributed by atoms with van der Waals surface area (Å²) in [6, 6.07) is 4.78. The normalized spacial score (nSPS) is 10.1. The third kappa shape index (κ3) is 2.17. The molecular weight excluding hydrogens is 240 g/mol. The van der Waals surface area contributed by atoms with Crippen LogP contribution in [0.15, 0.2) is 18.3 Å². The van der Waals surface area contributed by atoms with E-state index in [1.807, 2.05) is 0 Å². The fourth-order valence-corrected chi connectivity index (χ4v) is 1.87. The van der Waals surface area contributed by atoms with Crippen LogP contribution in [0.5, 0.6) is 0 Å². The number of benzene rings is 1. The molecule has 0 saturated heterocycles. The van der Waals surface area contributed by atoms with Gasteiger partial charge in [0.25, 0.3) is 0 Å². The summed E-state index contributed by atoms with van der Waals surface area (Å²) < 4.78 is 0. The fourth-order valence-electron chi connectivity index (χ4n) is 1.66.